The third kappa shape index (κ3) is 4.41. The Hall–Kier alpha value is -2.58. The van der Waals surface area contributed by atoms with E-state index in [1.165, 1.54) is 4.88 Å². The second-order valence-electron chi connectivity index (χ2n) is 7.44. The van der Waals surface area contributed by atoms with Gasteiger partial charge in [-0.05, 0) is 35.0 Å². The van der Waals surface area contributed by atoms with Gasteiger partial charge in [0, 0.05) is 29.9 Å². The molecule has 1 atom stereocenters. The van der Waals surface area contributed by atoms with Gasteiger partial charge in [0.15, 0.2) is 0 Å². The largest absolute Gasteiger partial charge is 0.379 e. The number of hydrogen-bond acceptors (Lipinski definition) is 6. The quantitative estimate of drug-likeness (QED) is 0.458. The maximum Gasteiger partial charge on any atom is 0.252 e. The highest BCUT2D eigenvalue weighted by Gasteiger charge is 2.24. The number of thiophene rings is 2. The van der Waals surface area contributed by atoms with Gasteiger partial charge in [-0.1, -0.05) is 30.3 Å². The second-order valence-corrected chi connectivity index (χ2v) is 9.37. The molecule has 5 rings (SSSR count). The van der Waals surface area contributed by atoms with Gasteiger partial charge in [-0.2, -0.15) is 0 Å². The van der Waals surface area contributed by atoms with Gasteiger partial charge in [-0.15, -0.1) is 22.7 Å². The highest BCUT2D eigenvalue weighted by molar-refractivity contribution is 7.13. The zero-order valence-corrected chi connectivity index (χ0v) is 18.6. The van der Waals surface area contributed by atoms with Crippen LogP contribution in [-0.2, 0) is 4.74 Å². The summed E-state index contributed by atoms with van der Waals surface area (Å²) in [6, 6.07) is 18.2. The van der Waals surface area contributed by atoms with Crippen LogP contribution < -0.4 is 5.32 Å². The molecule has 31 heavy (non-hydrogen) atoms. The summed E-state index contributed by atoms with van der Waals surface area (Å²) >= 11 is 3.36. The number of morpholine rings is 1. The van der Waals surface area contributed by atoms with Crippen molar-refractivity contribution in [2.75, 3.05) is 32.8 Å². The third-order valence-electron chi connectivity index (χ3n) is 5.55. The van der Waals surface area contributed by atoms with Crippen LogP contribution in [0.3, 0.4) is 0 Å². The smallest absolute Gasteiger partial charge is 0.252 e. The first kappa shape index (κ1) is 20.3. The average molecular weight is 450 g/mol. The Morgan fingerprint density at radius 2 is 1.87 bits per heavy atom. The molecule has 0 spiro atoms. The standard InChI is InChI=1S/C24H23N3O2S2/c28-24(25-16-21(23-8-4-14-31-23)27-9-11-29-12-10-27)18-15-20(22-7-3-13-30-22)26-19-6-2-1-5-17(18)19/h1-8,13-15,21H,9-12,16H2,(H,25,28)/t21-/m0/s1. The van der Waals surface area contributed by atoms with Crippen molar-refractivity contribution in [1.29, 1.82) is 0 Å². The van der Waals surface area contributed by atoms with Crippen molar-refractivity contribution in [2.45, 2.75) is 6.04 Å². The Kier molecular flexibility index (Phi) is 6.08. The minimum absolute atomic E-state index is 0.0637. The van der Waals surface area contributed by atoms with E-state index in [2.05, 4.69) is 27.7 Å². The number of fused-ring (bicyclic) bond motifs is 1. The number of benzene rings is 1. The van der Waals surface area contributed by atoms with E-state index >= 15 is 0 Å². The molecule has 5 nitrogen and oxygen atoms in total. The normalized spacial score (nSPS) is 15.7. The second kappa shape index (κ2) is 9.28. The first-order valence-corrected chi connectivity index (χ1v) is 12.1. The molecule has 4 aromatic rings. The number of carbonyl (C=O) groups is 1. The third-order valence-corrected chi connectivity index (χ3v) is 7.41. The molecule has 0 unspecified atom stereocenters. The molecule has 0 radical (unpaired) electrons. The minimum atomic E-state index is -0.0637. The van der Waals surface area contributed by atoms with E-state index in [4.69, 9.17) is 9.72 Å². The zero-order chi connectivity index (χ0) is 21.0. The highest BCUT2D eigenvalue weighted by atomic mass is 32.1. The fourth-order valence-corrected chi connectivity index (χ4v) is 5.53. The number of aromatic nitrogens is 1. The van der Waals surface area contributed by atoms with E-state index in [9.17, 15) is 4.79 Å². The van der Waals surface area contributed by atoms with Gasteiger partial charge in [0.2, 0.25) is 0 Å². The number of nitrogens with one attached hydrogen (secondary N) is 1. The van der Waals surface area contributed by atoms with E-state index in [-0.39, 0.29) is 11.9 Å². The van der Waals surface area contributed by atoms with Crippen LogP contribution in [0.15, 0.2) is 65.4 Å². The number of para-hydroxylation sites is 1. The molecule has 1 aromatic carbocycles. The molecule has 7 heteroatoms. The predicted molar refractivity (Wildman–Crippen MR) is 127 cm³/mol. The Balaban J connectivity index is 1.43. The Morgan fingerprint density at radius 3 is 2.65 bits per heavy atom. The zero-order valence-electron chi connectivity index (χ0n) is 17.0. The topological polar surface area (TPSA) is 54.5 Å². The molecule has 1 aliphatic heterocycles. The van der Waals surface area contributed by atoms with Crippen LogP contribution in [0.5, 0.6) is 0 Å². The molecule has 1 fully saturated rings. The van der Waals surface area contributed by atoms with Crippen LogP contribution in [0.4, 0.5) is 0 Å². The van der Waals surface area contributed by atoms with Crippen LogP contribution in [0.2, 0.25) is 0 Å². The van der Waals surface area contributed by atoms with Gasteiger partial charge in [0.1, 0.15) is 0 Å². The van der Waals surface area contributed by atoms with Crippen LogP contribution >= 0.6 is 22.7 Å². The monoisotopic (exact) mass is 449 g/mol. The van der Waals surface area contributed by atoms with Crippen molar-refractivity contribution < 1.29 is 9.53 Å². The van der Waals surface area contributed by atoms with Crippen molar-refractivity contribution in [1.82, 2.24) is 15.2 Å². The molecule has 1 amide bonds. The molecule has 158 valence electrons. The van der Waals surface area contributed by atoms with Gasteiger partial charge in [-0.25, -0.2) is 4.98 Å². The number of amides is 1. The summed E-state index contributed by atoms with van der Waals surface area (Å²) in [6.45, 7) is 3.77. The van der Waals surface area contributed by atoms with Crippen molar-refractivity contribution in [3.63, 3.8) is 0 Å². The Bertz CT molecular complexity index is 1150. The fraction of sp³-hybridized carbons (Fsp3) is 0.250. The summed E-state index contributed by atoms with van der Waals surface area (Å²) in [5.74, 6) is -0.0637. The summed E-state index contributed by atoms with van der Waals surface area (Å²) in [5.41, 5.74) is 2.34. The molecule has 3 aromatic heterocycles. The summed E-state index contributed by atoms with van der Waals surface area (Å²) in [4.78, 5) is 22.9. The predicted octanol–water partition coefficient (Wildman–Crippen LogP) is 4.83. The summed E-state index contributed by atoms with van der Waals surface area (Å²) in [6.07, 6.45) is 0. The first-order valence-electron chi connectivity index (χ1n) is 10.4. The number of rotatable bonds is 6. The number of hydrogen-bond donors (Lipinski definition) is 1. The lowest BCUT2D eigenvalue weighted by atomic mass is 10.1. The van der Waals surface area contributed by atoms with E-state index in [1.54, 1.807) is 22.7 Å². The molecule has 0 aliphatic carbocycles. The molecule has 1 N–H and O–H groups in total. The molecule has 1 saturated heterocycles. The molecule has 4 heterocycles. The maximum absolute atomic E-state index is 13.4. The van der Waals surface area contributed by atoms with Gasteiger partial charge in [-0.3, -0.25) is 9.69 Å². The SMILES string of the molecule is O=C(NC[C@@H](c1cccs1)N1CCOCC1)c1cc(-c2cccs2)nc2ccccc12. The van der Waals surface area contributed by atoms with Crippen molar-refractivity contribution in [2.24, 2.45) is 0 Å². The van der Waals surface area contributed by atoms with E-state index < -0.39 is 0 Å². The van der Waals surface area contributed by atoms with Crippen LogP contribution in [-0.4, -0.2) is 48.6 Å². The molecule has 1 aliphatic rings. The Morgan fingerprint density at radius 1 is 1.06 bits per heavy atom. The minimum Gasteiger partial charge on any atom is -0.379 e. The van der Waals surface area contributed by atoms with Crippen LogP contribution in [0.1, 0.15) is 21.3 Å². The lowest BCUT2D eigenvalue weighted by molar-refractivity contribution is 0.0169. The van der Waals surface area contributed by atoms with Crippen molar-refractivity contribution in [3.8, 4) is 10.6 Å². The maximum atomic E-state index is 13.4. The highest BCUT2D eigenvalue weighted by Crippen LogP contribution is 2.29. The fourth-order valence-electron chi connectivity index (χ4n) is 3.98. The van der Waals surface area contributed by atoms with Crippen LogP contribution in [0.25, 0.3) is 21.5 Å². The Labute approximate surface area is 189 Å². The lowest BCUT2D eigenvalue weighted by Gasteiger charge is -2.34. The van der Waals surface area contributed by atoms with Crippen LogP contribution in [0, 0.1) is 0 Å². The van der Waals surface area contributed by atoms with E-state index in [1.807, 2.05) is 47.8 Å². The molecular formula is C24H23N3O2S2. The van der Waals surface area contributed by atoms with Gasteiger partial charge in [0.25, 0.3) is 5.91 Å². The molecule has 0 saturated carbocycles. The number of ether oxygens (including phenoxy) is 1. The lowest BCUT2D eigenvalue weighted by Crippen LogP contribution is -2.43. The van der Waals surface area contributed by atoms with Crippen molar-refractivity contribution >= 4 is 39.5 Å². The van der Waals surface area contributed by atoms with E-state index in [0.29, 0.717) is 12.1 Å². The number of carbonyl (C=O) groups excluding carboxylic acids is 1. The number of nitrogens with zero attached hydrogens (tertiary/aromatic N) is 2. The van der Waals surface area contributed by atoms with Gasteiger partial charge >= 0.3 is 0 Å². The van der Waals surface area contributed by atoms with Crippen molar-refractivity contribution in [3.05, 3.63) is 75.8 Å². The summed E-state index contributed by atoms with van der Waals surface area (Å²) in [5, 5.41) is 8.20. The summed E-state index contributed by atoms with van der Waals surface area (Å²) in [7, 11) is 0. The molecular weight excluding hydrogens is 426 g/mol. The summed E-state index contributed by atoms with van der Waals surface area (Å²) < 4.78 is 5.53. The number of pyridine rings is 1. The molecule has 0 bridgehead atoms. The van der Waals surface area contributed by atoms with Gasteiger partial charge < -0.3 is 10.1 Å². The average Bonchev–Trinajstić information content (AvgIpc) is 3.54. The van der Waals surface area contributed by atoms with E-state index in [0.717, 1.165) is 47.8 Å². The first-order chi connectivity index (χ1) is 15.3. The van der Waals surface area contributed by atoms with Gasteiger partial charge in [0.05, 0.1) is 40.9 Å².